The lowest BCUT2D eigenvalue weighted by atomic mass is 10.0. The lowest BCUT2D eigenvalue weighted by Gasteiger charge is -2.28. The minimum Gasteiger partial charge on any atom is -0.756 e. The zero-order valence-corrected chi connectivity index (χ0v) is 37.5. The van der Waals surface area contributed by atoms with Crippen LogP contribution in [0.2, 0.25) is 0 Å². The topological polar surface area (TPSA) is 111 Å². The molecule has 0 N–H and O–H groups in total. The third kappa shape index (κ3) is 42.2. The molecule has 0 fully saturated rings. The monoisotopic (exact) mass is 802 g/mol. The van der Waals surface area contributed by atoms with Crippen molar-refractivity contribution in [2.24, 2.45) is 0 Å². The molecule has 0 radical (unpaired) electrons. The number of allylic oxidation sites excluding steroid dienone is 2. The van der Waals surface area contributed by atoms with E-state index in [-0.39, 0.29) is 32.0 Å². The first kappa shape index (κ1) is 53.8. The van der Waals surface area contributed by atoms with Gasteiger partial charge >= 0.3 is 11.9 Å². The van der Waals surface area contributed by atoms with Gasteiger partial charge in [-0.05, 0) is 25.7 Å². The number of esters is 2. The number of hydrogen-bond acceptors (Lipinski definition) is 8. The van der Waals surface area contributed by atoms with E-state index in [0.29, 0.717) is 17.4 Å². The number of quaternary nitrogens is 1. The van der Waals surface area contributed by atoms with Gasteiger partial charge in [0, 0.05) is 12.8 Å². The minimum absolute atomic E-state index is 0.0332. The maximum Gasteiger partial charge on any atom is 0.306 e. The predicted molar refractivity (Wildman–Crippen MR) is 227 cm³/mol. The summed E-state index contributed by atoms with van der Waals surface area (Å²) in [6.45, 7) is 4.22. The summed E-state index contributed by atoms with van der Waals surface area (Å²) in [7, 11) is 1.16. The van der Waals surface area contributed by atoms with Gasteiger partial charge in [0.25, 0.3) is 7.82 Å². The number of carbonyl (C=O) groups excluding carboxylic acids is 2. The zero-order chi connectivity index (χ0) is 40.7. The second-order valence-corrected chi connectivity index (χ2v) is 18.2. The van der Waals surface area contributed by atoms with Crippen molar-refractivity contribution < 1.29 is 42.1 Å². The van der Waals surface area contributed by atoms with Gasteiger partial charge in [0.2, 0.25) is 0 Å². The highest BCUT2D eigenvalue weighted by Crippen LogP contribution is 2.38. The first-order chi connectivity index (χ1) is 26.5. The van der Waals surface area contributed by atoms with E-state index in [9.17, 15) is 19.0 Å². The van der Waals surface area contributed by atoms with Crippen LogP contribution in [0.15, 0.2) is 12.2 Å². The van der Waals surface area contributed by atoms with E-state index in [1.807, 2.05) is 27.2 Å². The predicted octanol–water partition coefficient (Wildman–Crippen LogP) is 12.3. The van der Waals surface area contributed by atoms with Crippen LogP contribution in [-0.2, 0) is 32.7 Å². The van der Waals surface area contributed by atoms with Crippen molar-refractivity contribution >= 4 is 19.8 Å². The van der Waals surface area contributed by atoms with Crippen LogP contribution < -0.4 is 4.89 Å². The first-order valence-electron chi connectivity index (χ1n) is 22.9. The molecule has 0 heterocycles. The summed E-state index contributed by atoms with van der Waals surface area (Å²) >= 11 is 0. The Hall–Kier alpha value is -1.25. The molecule has 1 unspecified atom stereocenters. The molecule has 0 aromatic carbocycles. The molecule has 0 rings (SSSR count). The smallest absolute Gasteiger partial charge is 0.306 e. The van der Waals surface area contributed by atoms with Gasteiger partial charge in [0.15, 0.2) is 6.10 Å². The summed E-state index contributed by atoms with van der Waals surface area (Å²) in [4.78, 5) is 37.5. The maximum absolute atomic E-state index is 12.6. The first-order valence-corrected chi connectivity index (χ1v) is 24.4. The van der Waals surface area contributed by atoms with Gasteiger partial charge in [0.05, 0.1) is 27.7 Å². The van der Waals surface area contributed by atoms with E-state index in [0.717, 1.165) is 32.1 Å². The fourth-order valence-electron chi connectivity index (χ4n) is 6.44. The van der Waals surface area contributed by atoms with Crippen LogP contribution in [0.1, 0.15) is 213 Å². The maximum atomic E-state index is 12.6. The van der Waals surface area contributed by atoms with Crippen LogP contribution >= 0.6 is 7.82 Å². The highest BCUT2D eigenvalue weighted by molar-refractivity contribution is 7.45. The van der Waals surface area contributed by atoms with Gasteiger partial charge in [-0.25, -0.2) is 0 Å². The highest BCUT2D eigenvalue weighted by atomic mass is 31.2. The SMILES string of the molecule is CCCCCCCCCCCCC/C=C/CCC(=O)O[C@H](COC(=O)CCCCCCCCCCCCCCCCCC)COP(=O)([O-])OCC[N+](C)(C)C. The Bertz CT molecular complexity index is 954. The van der Waals surface area contributed by atoms with E-state index < -0.39 is 26.5 Å². The number of phosphoric acid groups is 1. The molecule has 0 aliphatic carbocycles. The van der Waals surface area contributed by atoms with Crippen molar-refractivity contribution in [1.82, 2.24) is 0 Å². The number of hydrogen-bond donors (Lipinski definition) is 0. The summed E-state index contributed by atoms with van der Waals surface area (Å²) in [6, 6.07) is 0. The summed E-state index contributed by atoms with van der Waals surface area (Å²) in [6.07, 6.45) is 39.6. The molecule has 0 aromatic heterocycles. The molecule has 0 aromatic rings. The third-order valence-corrected chi connectivity index (χ3v) is 11.0. The number of rotatable bonds is 42. The summed E-state index contributed by atoms with van der Waals surface area (Å²) in [5.41, 5.74) is 0. The van der Waals surface area contributed by atoms with Gasteiger partial charge in [-0.1, -0.05) is 187 Å². The second kappa shape index (κ2) is 38.3. The highest BCUT2D eigenvalue weighted by Gasteiger charge is 2.21. The average molecular weight is 802 g/mol. The van der Waals surface area contributed by atoms with Crippen LogP contribution in [0, 0.1) is 0 Å². The molecule has 9 nitrogen and oxygen atoms in total. The number of carbonyl (C=O) groups is 2. The van der Waals surface area contributed by atoms with Crippen molar-refractivity contribution in [1.29, 1.82) is 0 Å². The Morgan fingerprint density at radius 2 is 0.964 bits per heavy atom. The molecule has 0 spiro atoms. The van der Waals surface area contributed by atoms with E-state index in [2.05, 4.69) is 19.9 Å². The molecular formula is C45H88NO8P. The third-order valence-electron chi connectivity index (χ3n) is 10.0. The quantitative estimate of drug-likeness (QED) is 0.0197. The average Bonchev–Trinajstić information content (AvgIpc) is 3.13. The fraction of sp³-hybridized carbons (Fsp3) is 0.911. The molecule has 10 heteroatoms. The van der Waals surface area contributed by atoms with Crippen molar-refractivity contribution in [2.75, 3.05) is 47.5 Å². The Morgan fingerprint density at radius 1 is 0.545 bits per heavy atom. The number of phosphoric ester groups is 1. The van der Waals surface area contributed by atoms with E-state index >= 15 is 0 Å². The Balaban J connectivity index is 4.34. The number of unbranched alkanes of at least 4 members (excludes halogenated alkanes) is 26. The van der Waals surface area contributed by atoms with Crippen molar-refractivity contribution in [3.8, 4) is 0 Å². The van der Waals surface area contributed by atoms with Crippen LogP contribution in [0.5, 0.6) is 0 Å². The van der Waals surface area contributed by atoms with Gasteiger partial charge in [-0.3, -0.25) is 14.2 Å². The van der Waals surface area contributed by atoms with Gasteiger partial charge in [0.1, 0.15) is 19.8 Å². The molecule has 326 valence electrons. The zero-order valence-electron chi connectivity index (χ0n) is 36.6. The Labute approximate surface area is 339 Å². The lowest BCUT2D eigenvalue weighted by molar-refractivity contribution is -0.870. The summed E-state index contributed by atoms with van der Waals surface area (Å²) in [5, 5.41) is 0. The second-order valence-electron chi connectivity index (χ2n) is 16.8. The molecule has 55 heavy (non-hydrogen) atoms. The molecule has 0 saturated carbocycles. The van der Waals surface area contributed by atoms with E-state index in [4.69, 9.17) is 18.5 Å². The normalized spacial score (nSPS) is 13.6. The van der Waals surface area contributed by atoms with Gasteiger partial charge in [-0.2, -0.15) is 0 Å². The molecule has 0 bridgehead atoms. The van der Waals surface area contributed by atoms with E-state index in [1.165, 1.54) is 148 Å². The van der Waals surface area contributed by atoms with Gasteiger partial charge in [-0.15, -0.1) is 0 Å². The van der Waals surface area contributed by atoms with Crippen molar-refractivity contribution in [2.45, 2.75) is 219 Å². The van der Waals surface area contributed by atoms with E-state index in [1.54, 1.807) is 0 Å². The van der Waals surface area contributed by atoms with Crippen LogP contribution in [-0.4, -0.2) is 70.0 Å². The number of ether oxygens (including phenoxy) is 2. The Morgan fingerprint density at radius 3 is 1.42 bits per heavy atom. The number of nitrogens with zero attached hydrogens (tertiary/aromatic N) is 1. The molecule has 0 amide bonds. The molecular weight excluding hydrogens is 713 g/mol. The van der Waals surface area contributed by atoms with Crippen molar-refractivity contribution in [3.05, 3.63) is 12.2 Å². The summed E-state index contributed by atoms with van der Waals surface area (Å²) in [5.74, 6) is -0.880. The van der Waals surface area contributed by atoms with Crippen LogP contribution in [0.3, 0.4) is 0 Å². The standard InChI is InChI=1S/C45H88NO8P/c1-6-8-10-12-14-16-18-20-22-24-25-27-29-31-33-35-37-44(47)51-41-43(42-53-55(49,50)52-40-39-46(3,4)5)54-45(48)38-36-34-32-30-28-26-23-21-19-17-15-13-11-9-7-2/h32,34,43H,6-31,33,35-42H2,1-5H3/b34-32+/t43-/m1/s1. The molecule has 0 aliphatic heterocycles. The van der Waals surface area contributed by atoms with Crippen LogP contribution in [0.25, 0.3) is 0 Å². The van der Waals surface area contributed by atoms with Crippen LogP contribution in [0.4, 0.5) is 0 Å². The summed E-state index contributed by atoms with van der Waals surface area (Å²) < 4.78 is 33.9. The largest absolute Gasteiger partial charge is 0.756 e. The molecule has 2 atom stereocenters. The Kier molecular flexibility index (Phi) is 37.4. The molecule has 0 aliphatic rings. The molecule has 0 saturated heterocycles. The van der Waals surface area contributed by atoms with Gasteiger partial charge < -0.3 is 27.9 Å². The number of likely N-dealkylation sites (N-methyl/N-ethyl adjacent to an activating group) is 1. The fourth-order valence-corrected chi connectivity index (χ4v) is 7.17. The van der Waals surface area contributed by atoms with Crippen molar-refractivity contribution in [3.63, 3.8) is 0 Å². The minimum atomic E-state index is -4.63. The lowest BCUT2D eigenvalue weighted by Crippen LogP contribution is -2.37.